The van der Waals surface area contributed by atoms with E-state index in [0.717, 1.165) is 0 Å². The second kappa shape index (κ2) is 7.21. The lowest BCUT2D eigenvalue weighted by molar-refractivity contribution is 0.0954. The SMILES string of the molecule is Cc1c(Br)cc(C(=O)NCC(C)S(C)=O)cc1S(=O)(=O)Cl. The number of hydrogen-bond acceptors (Lipinski definition) is 4. The number of carbonyl (C=O) groups excluding carboxylic acids is 1. The maximum atomic E-state index is 12.0. The molecular formula is C12H15BrClNO4S2. The molecule has 0 radical (unpaired) electrons. The summed E-state index contributed by atoms with van der Waals surface area (Å²) in [5.74, 6) is -0.449. The molecule has 1 N–H and O–H groups in total. The quantitative estimate of drug-likeness (QED) is 0.746. The zero-order valence-electron chi connectivity index (χ0n) is 11.6. The highest BCUT2D eigenvalue weighted by Crippen LogP contribution is 2.28. The molecule has 0 aliphatic carbocycles. The number of benzene rings is 1. The number of nitrogens with one attached hydrogen (secondary N) is 1. The Morgan fingerprint density at radius 2 is 2.05 bits per heavy atom. The molecule has 0 saturated heterocycles. The molecule has 2 atom stereocenters. The maximum Gasteiger partial charge on any atom is 0.261 e. The van der Waals surface area contributed by atoms with E-state index in [1.54, 1.807) is 20.1 Å². The van der Waals surface area contributed by atoms with Crippen LogP contribution >= 0.6 is 26.6 Å². The molecule has 0 fully saturated rings. The van der Waals surface area contributed by atoms with Crippen molar-refractivity contribution in [1.82, 2.24) is 5.32 Å². The number of hydrogen-bond donors (Lipinski definition) is 1. The van der Waals surface area contributed by atoms with E-state index in [9.17, 15) is 17.4 Å². The first kappa shape index (κ1) is 18.6. The highest BCUT2D eigenvalue weighted by Gasteiger charge is 2.19. The van der Waals surface area contributed by atoms with Crippen LogP contribution in [0.1, 0.15) is 22.8 Å². The molecular weight excluding hydrogens is 402 g/mol. The summed E-state index contributed by atoms with van der Waals surface area (Å²) >= 11 is 3.21. The van der Waals surface area contributed by atoms with Gasteiger partial charge < -0.3 is 5.32 Å². The molecule has 9 heteroatoms. The molecule has 0 aromatic heterocycles. The first-order valence-electron chi connectivity index (χ1n) is 5.89. The van der Waals surface area contributed by atoms with Crippen LogP contribution in [0.25, 0.3) is 0 Å². The lowest BCUT2D eigenvalue weighted by Crippen LogP contribution is -2.32. The van der Waals surface area contributed by atoms with Crippen LogP contribution in [0.4, 0.5) is 0 Å². The Bertz CT molecular complexity index is 691. The number of rotatable bonds is 5. The van der Waals surface area contributed by atoms with E-state index in [0.29, 0.717) is 10.0 Å². The van der Waals surface area contributed by atoms with E-state index in [2.05, 4.69) is 21.2 Å². The minimum atomic E-state index is -3.94. The summed E-state index contributed by atoms with van der Waals surface area (Å²) in [7, 11) is 0.367. The van der Waals surface area contributed by atoms with Gasteiger partial charge in [0, 0.05) is 49.6 Å². The van der Waals surface area contributed by atoms with Crippen molar-refractivity contribution in [3.8, 4) is 0 Å². The molecule has 1 aromatic rings. The Kier molecular flexibility index (Phi) is 6.39. The summed E-state index contributed by atoms with van der Waals surface area (Å²) in [6, 6.07) is 2.75. The van der Waals surface area contributed by atoms with Crippen molar-refractivity contribution >= 4 is 52.4 Å². The minimum Gasteiger partial charge on any atom is -0.351 e. The fraction of sp³-hybridized carbons (Fsp3) is 0.417. The van der Waals surface area contributed by atoms with Gasteiger partial charge in [0.05, 0.1) is 4.90 Å². The van der Waals surface area contributed by atoms with Crippen molar-refractivity contribution in [2.24, 2.45) is 0 Å². The molecule has 118 valence electrons. The van der Waals surface area contributed by atoms with Gasteiger partial charge in [0.15, 0.2) is 0 Å². The van der Waals surface area contributed by atoms with E-state index in [4.69, 9.17) is 10.7 Å². The van der Waals surface area contributed by atoms with Crippen LogP contribution in [0, 0.1) is 6.92 Å². The van der Waals surface area contributed by atoms with E-state index in [-0.39, 0.29) is 22.3 Å². The molecule has 0 aliphatic heterocycles. The molecule has 1 aromatic carbocycles. The highest BCUT2D eigenvalue weighted by molar-refractivity contribution is 9.10. The standard InChI is InChI=1S/C12H15BrClNO4S2/c1-7(20(3)17)6-15-12(16)9-4-10(13)8(2)11(5-9)21(14,18)19/h4-5,7H,6H2,1-3H3,(H,15,16). The number of amides is 1. The predicted molar refractivity (Wildman–Crippen MR) is 87.8 cm³/mol. The second-order valence-corrected chi connectivity index (χ2v) is 9.73. The minimum absolute atomic E-state index is 0.115. The average molecular weight is 417 g/mol. The zero-order valence-corrected chi connectivity index (χ0v) is 15.6. The van der Waals surface area contributed by atoms with Crippen LogP contribution in [0.3, 0.4) is 0 Å². The fourth-order valence-electron chi connectivity index (χ4n) is 1.49. The maximum absolute atomic E-state index is 12.0. The van der Waals surface area contributed by atoms with Gasteiger partial charge in [0.2, 0.25) is 0 Å². The van der Waals surface area contributed by atoms with Crippen LogP contribution in [0.15, 0.2) is 21.5 Å². The van der Waals surface area contributed by atoms with Crippen molar-refractivity contribution in [2.45, 2.75) is 24.0 Å². The van der Waals surface area contributed by atoms with E-state index < -0.39 is 25.8 Å². The monoisotopic (exact) mass is 415 g/mol. The smallest absolute Gasteiger partial charge is 0.261 e. The second-order valence-electron chi connectivity index (χ2n) is 4.54. The molecule has 0 saturated carbocycles. The normalized spacial score (nSPS) is 14.5. The van der Waals surface area contributed by atoms with Crippen molar-refractivity contribution in [2.75, 3.05) is 12.8 Å². The summed E-state index contributed by atoms with van der Waals surface area (Å²) in [5.41, 5.74) is 0.602. The van der Waals surface area contributed by atoms with Gasteiger partial charge in [-0.15, -0.1) is 0 Å². The van der Waals surface area contributed by atoms with Gasteiger partial charge in [-0.25, -0.2) is 8.42 Å². The molecule has 1 amide bonds. The third-order valence-electron chi connectivity index (χ3n) is 2.94. The number of halogens is 2. The summed E-state index contributed by atoms with van der Waals surface area (Å²) in [5, 5.41) is 2.42. The lowest BCUT2D eigenvalue weighted by atomic mass is 10.1. The third kappa shape index (κ3) is 5.05. The fourth-order valence-corrected chi connectivity index (χ4v) is 3.63. The van der Waals surface area contributed by atoms with Crippen LogP contribution in [0.2, 0.25) is 0 Å². The van der Waals surface area contributed by atoms with Gasteiger partial charge in [-0.1, -0.05) is 15.9 Å². The van der Waals surface area contributed by atoms with Crippen molar-refractivity contribution < 1.29 is 17.4 Å². The van der Waals surface area contributed by atoms with Crippen LogP contribution in [0.5, 0.6) is 0 Å². The zero-order chi connectivity index (χ0) is 16.4. The van der Waals surface area contributed by atoms with E-state index in [1.165, 1.54) is 12.1 Å². The van der Waals surface area contributed by atoms with Gasteiger partial charge in [0.1, 0.15) is 0 Å². The van der Waals surface area contributed by atoms with E-state index in [1.807, 2.05) is 0 Å². The van der Waals surface area contributed by atoms with E-state index >= 15 is 0 Å². The van der Waals surface area contributed by atoms with Crippen LogP contribution in [-0.4, -0.2) is 36.6 Å². The molecule has 0 heterocycles. The van der Waals surface area contributed by atoms with Crippen molar-refractivity contribution in [3.63, 3.8) is 0 Å². The average Bonchev–Trinajstić information content (AvgIpc) is 2.36. The molecule has 0 spiro atoms. The Morgan fingerprint density at radius 3 is 2.52 bits per heavy atom. The van der Waals surface area contributed by atoms with Gasteiger partial charge in [0.25, 0.3) is 15.0 Å². The summed E-state index contributed by atoms with van der Waals surface area (Å²) in [4.78, 5) is 11.9. The Labute approximate surface area is 139 Å². The molecule has 0 bridgehead atoms. The first-order chi connectivity index (χ1) is 9.54. The summed E-state index contributed by atoms with van der Waals surface area (Å²) < 4.78 is 34.7. The lowest BCUT2D eigenvalue weighted by Gasteiger charge is -2.12. The highest BCUT2D eigenvalue weighted by atomic mass is 79.9. The van der Waals surface area contributed by atoms with Crippen molar-refractivity contribution in [3.05, 3.63) is 27.7 Å². The molecule has 0 aliphatic rings. The van der Waals surface area contributed by atoms with Gasteiger partial charge in [-0.05, 0) is 31.5 Å². The first-order valence-corrected chi connectivity index (χ1v) is 10.6. The Hall–Kier alpha value is -0.440. The summed E-state index contributed by atoms with van der Waals surface area (Å²) in [6.45, 7) is 3.57. The van der Waals surface area contributed by atoms with Gasteiger partial charge in [-0.3, -0.25) is 9.00 Å². The van der Waals surface area contributed by atoms with Gasteiger partial charge in [-0.2, -0.15) is 0 Å². The topological polar surface area (TPSA) is 80.3 Å². The molecule has 5 nitrogen and oxygen atoms in total. The number of carbonyl (C=O) groups is 1. The Morgan fingerprint density at radius 1 is 1.48 bits per heavy atom. The molecule has 1 rings (SSSR count). The molecule has 21 heavy (non-hydrogen) atoms. The van der Waals surface area contributed by atoms with Crippen molar-refractivity contribution in [1.29, 1.82) is 0 Å². The Balaban J connectivity index is 3.07. The molecule has 2 unspecified atom stereocenters. The van der Waals surface area contributed by atoms with Crippen LogP contribution < -0.4 is 5.32 Å². The van der Waals surface area contributed by atoms with Crippen LogP contribution in [-0.2, 0) is 19.9 Å². The predicted octanol–water partition coefficient (Wildman–Crippen LogP) is 2.18. The largest absolute Gasteiger partial charge is 0.351 e. The van der Waals surface area contributed by atoms with Gasteiger partial charge >= 0.3 is 0 Å². The third-order valence-corrected chi connectivity index (χ3v) is 6.51. The summed E-state index contributed by atoms with van der Waals surface area (Å²) in [6.07, 6.45) is 1.55.